The summed E-state index contributed by atoms with van der Waals surface area (Å²) in [5.74, 6) is 0.847. The van der Waals surface area contributed by atoms with Gasteiger partial charge in [-0.05, 0) is 38.5 Å². The molecule has 0 aromatic carbocycles. The third kappa shape index (κ3) is 4.84. The van der Waals surface area contributed by atoms with Crippen molar-refractivity contribution in [3.63, 3.8) is 0 Å². The van der Waals surface area contributed by atoms with Gasteiger partial charge in [-0.25, -0.2) is 0 Å². The van der Waals surface area contributed by atoms with Gasteiger partial charge in [-0.3, -0.25) is 4.79 Å². The Labute approximate surface area is 104 Å². The van der Waals surface area contributed by atoms with Gasteiger partial charge in [0.25, 0.3) is 0 Å². The Balaban J connectivity index is 2.44. The Bertz CT molecular complexity index is 337. The van der Waals surface area contributed by atoms with E-state index in [1.54, 1.807) is 6.92 Å². The summed E-state index contributed by atoms with van der Waals surface area (Å²) in [7, 11) is 0. The Morgan fingerprint density at radius 3 is 2.53 bits per heavy atom. The van der Waals surface area contributed by atoms with Crippen LogP contribution in [-0.4, -0.2) is 11.6 Å². The van der Waals surface area contributed by atoms with Gasteiger partial charge in [0.2, 0.25) is 0 Å². The normalized spacial score (nSPS) is 24.1. The number of ketones is 2. The van der Waals surface area contributed by atoms with Crippen molar-refractivity contribution >= 4 is 11.6 Å². The number of hydrogen-bond donors (Lipinski definition) is 0. The van der Waals surface area contributed by atoms with Crippen LogP contribution in [0.15, 0.2) is 11.6 Å². The van der Waals surface area contributed by atoms with E-state index in [2.05, 4.69) is 26.8 Å². The monoisotopic (exact) mass is 236 g/mol. The van der Waals surface area contributed by atoms with Crippen LogP contribution in [0.3, 0.4) is 0 Å². The summed E-state index contributed by atoms with van der Waals surface area (Å²) < 4.78 is 0. The largest absolute Gasteiger partial charge is 0.300 e. The van der Waals surface area contributed by atoms with Crippen molar-refractivity contribution in [3.8, 4) is 0 Å². The molecule has 0 spiro atoms. The van der Waals surface area contributed by atoms with Crippen LogP contribution in [0.4, 0.5) is 0 Å². The molecule has 2 heteroatoms. The number of allylic oxidation sites excluding steroid dienone is 2. The van der Waals surface area contributed by atoms with Gasteiger partial charge in [-0.1, -0.05) is 25.5 Å². The lowest BCUT2D eigenvalue weighted by Crippen LogP contribution is -2.06. The van der Waals surface area contributed by atoms with Crippen LogP contribution < -0.4 is 0 Å². The zero-order chi connectivity index (χ0) is 13.1. The molecule has 0 saturated heterocycles. The average Bonchev–Trinajstić information content (AvgIpc) is 2.38. The molecule has 1 aliphatic rings. The minimum Gasteiger partial charge on any atom is -0.300 e. The zero-order valence-corrected chi connectivity index (χ0v) is 11.5. The fourth-order valence-electron chi connectivity index (χ4n) is 2.65. The van der Waals surface area contributed by atoms with Gasteiger partial charge in [0.05, 0.1) is 0 Å². The summed E-state index contributed by atoms with van der Waals surface area (Å²) >= 11 is 0. The van der Waals surface area contributed by atoms with Crippen molar-refractivity contribution in [2.24, 2.45) is 11.3 Å². The summed E-state index contributed by atoms with van der Waals surface area (Å²) in [6.07, 6.45) is 6.13. The van der Waals surface area contributed by atoms with E-state index in [0.29, 0.717) is 12.2 Å². The van der Waals surface area contributed by atoms with E-state index in [4.69, 9.17) is 0 Å². The van der Waals surface area contributed by atoms with E-state index in [9.17, 15) is 9.59 Å². The smallest absolute Gasteiger partial charge is 0.136 e. The number of carbonyl (C=O) groups is 2. The van der Waals surface area contributed by atoms with Crippen LogP contribution >= 0.6 is 0 Å². The molecule has 0 aromatic heterocycles. The first-order chi connectivity index (χ1) is 7.80. The fourth-order valence-corrected chi connectivity index (χ4v) is 2.65. The van der Waals surface area contributed by atoms with Crippen molar-refractivity contribution in [3.05, 3.63) is 11.6 Å². The van der Waals surface area contributed by atoms with Crippen molar-refractivity contribution in [1.29, 1.82) is 0 Å². The maximum Gasteiger partial charge on any atom is 0.136 e. The number of hydrogen-bond acceptors (Lipinski definition) is 2. The topological polar surface area (TPSA) is 34.1 Å². The van der Waals surface area contributed by atoms with Crippen LogP contribution in [0, 0.1) is 11.3 Å². The minimum atomic E-state index is 0.182. The van der Waals surface area contributed by atoms with Gasteiger partial charge in [0, 0.05) is 18.8 Å². The molecule has 0 bridgehead atoms. The number of carbonyl (C=O) groups excluding carboxylic acids is 2. The van der Waals surface area contributed by atoms with Crippen molar-refractivity contribution in [2.45, 2.75) is 59.8 Å². The fraction of sp³-hybridized carbons (Fsp3) is 0.733. The lowest BCUT2D eigenvalue weighted by molar-refractivity contribution is -0.121. The van der Waals surface area contributed by atoms with Gasteiger partial charge in [0.1, 0.15) is 11.6 Å². The van der Waals surface area contributed by atoms with Crippen molar-refractivity contribution in [2.75, 3.05) is 0 Å². The SMILES string of the molecule is CC(=O)CCC=C(C)C[C@@H]1CC(C)(C)CC1=O. The molecule has 96 valence electrons. The van der Waals surface area contributed by atoms with Gasteiger partial charge in [0.15, 0.2) is 0 Å². The van der Waals surface area contributed by atoms with Gasteiger partial charge < -0.3 is 4.79 Å². The highest BCUT2D eigenvalue weighted by Gasteiger charge is 2.37. The van der Waals surface area contributed by atoms with E-state index in [1.807, 2.05) is 0 Å². The Kier molecular flexibility index (Phi) is 4.67. The second-order valence-electron chi connectivity index (χ2n) is 6.20. The van der Waals surface area contributed by atoms with Crippen molar-refractivity contribution < 1.29 is 9.59 Å². The predicted molar refractivity (Wildman–Crippen MR) is 69.8 cm³/mol. The summed E-state index contributed by atoms with van der Waals surface area (Å²) in [5, 5.41) is 0. The summed E-state index contributed by atoms with van der Waals surface area (Å²) in [6.45, 7) is 8.02. The molecular weight excluding hydrogens is 212 g/mol. The molecule has 0 aliphatic heterocycles. The van der Waals surface area contributed by atoms with Gasteiger partial charge in [-0.2, -0.15) is 0 Å². The summed E-state index contributed by atoms with van der Waals surface area (Å²) in [5.41, 5.74) is 1.43. The molecule has 1 saturated carbocycles. The third-order valence-electron chi connectivity index (χ3n) is 3.46. The number of rotatable bonds is 5. The molecule has 0 N–H and O–H groups in total. The summed E-state index contributed by atoms with van der Waals surface area (Å²) in [4.78, 5) is 22.6. The van der Waals surface area contributed by atoms with Crippen LogP contribution in [0.2, 0.25) is 0 Å². The van der Waals surface area contributed by atoms with E-state index in [1.165, 1.54) is 5.57 Å². The lowest BCUT2D eigenvalue weighted by Gasteiger charge is -2.15. The van der Waals surface area contributed by atoms with Crippen molar-refractivity contribution in [1.82, 2.24) is 0 Å². The van der Waals surface area contributed by atoms with Gasteiger partial charge in [-0.15, -0.1) is 0 Å². The molecule has 1 aliphatic carbocycles. The van der Waals surface area contributed by atoms with Crippen LogP contribution in [0.25, 0.3) is 0 Å². The maximum absolute atomic E-state index is 11.8. The highest BCUT2D eigenvalue weighted by Crippen LogP contribution is 2.40. The van der Waals surface area contributed by atoms with Crippen LogP contribution in [0.1, 0.15) is 59.8 Å². The van der Waals surface area contributed by atoms with E-state index >= 15 is 0 Å². The number of Topliss-reactive ketones (excluding diaryl/α,β-unsaturated/α-hetero) is 2. The first-order valence-electron chi connectivity index (χ1n) is 6.48. The van der Waals surface area contributed by atoms with E-state index in [0.717, 1.165) is 25.7 Å². The van der Waals surface area contributed by atoms with Gasteiger partial charge >= 0.3 is 0 Å². The molecule has 17 heavy (non-hydrogen) atoms. The van der Waals surface area contributed by atoms with Crippen LogP contribution in [-0.2, 0) is 9.59 Å². The Morgan fingerprint density at radius 1 is 1.41 bits per heavy atom. The Morgan fingerprint density at radius 2 is 2.06 bits per heavy atom. The third-order valence-corrected chi connectivity index (χ3v) is 3.46. The average molecular weight is 236 g/mol. The van der Waals surface area contributed by atoms with E-state index in [-0.39, 0.29) is 17.1 Å². The van der Waals surface area contributed by atoms with E-state index < -0.39 is 0 Å². The minimum absolute atomic E-state index is 0.182. The highest BCUT2D eigenvalue weighted by molar-refractivity contribution is 5.84. The second kappa shape index (κ2) is 5.61. The Hall–Kier alpha value is -0.920. The van der Waals surface area contributed by atoms with Crippen LogP contribution in [0.5, 0.6) is 0 Å². The molecule has 0 unspecified atom stereocenters. The highest BCUT2D eigenvalue weighted by atomic mass is 16.1. The molecule has 1 rings (SSSR count). The molecule has 0 radical (unpaired) electrons. The molecule has 1 atom stereocenters. The standard InChI is InChI=1S/C15H24O2/c1-11(6-5-7-12(2)16)8-13-9-15(3,4)10-14(13)17/h6,13H,5,7-10H2,1-4H3/t13-/m1/s1. The molecule has 0 aromatic rings. The summed E-state index contributed by atoms with van der Waals surface area (Å²) in [6, 6.07) is 0. The first kappa shape index (κ1) is 14.1. The maximum atomic E-state index is 11.8. The zero-order valence-electron chi connectivity index (χ0n) is 11.5. The second-order valence-corrected chi connectivity index (χ2v) is 6.20. The lowest BCUT2D eigenvalue weighted by atomic mass is 9.89. The quantitative estimate of drug-likeness (QED) is 0.682. The molecule has 0 heterocycles. The predicted octanol–water partition coefficient (Wildman–Crippen LogP) is 3.70. The first-order valence-corrected chi connectivity index (χ1v) is 6.48. The molecule has 0 amide bonds. The molecule has 1 fully saturated rings. The molecular formula is C15H24O2. The molecule has 2 nitrogen and oxygen atoms in total.